The van der Waals surface area contributed by atoms with E-state index in [-0.39, 0.29) is 11.5 Å². The maximum atomic E-state index is 10.3. The van der Waals surface area contributed by atoms with E-state index in [1.54, 1.807) is 0 Å². The van der Waals surface area contributed by atoms with Crippen LogP contribution in [0.1, 0.15) is 0 Å². The van der Waals surface area contributed by atoms with Gasteiger partial charge in [-0.2, -0.15) is 0 Å². The molecule has 3 heteroatoms. The van der Waals surface area contributed by atoms with E-state index in [1.165, 1.54) is 0 Å². The minimum absolute atomic E-state index is 0.253. The second kappa shape index (κ2) is 1.66. The molecule has 0 saturated carbocycles. The van der Waals surface area contributed by atoms with Crippen LogP contribution in [0.15, 0.2) is 0 Å². The van der Waals surface area contributed by atoms with Crippen molar-refractivity contribution in [3.8, 4) is 12.3 Å². The first-order valence-electron chi connectivity index (χ1n) is 2.21. The SMILES string of the molecule is C#CC1(O)C[S+]([O-])C1. The second-order valence-corrected chi connectivity index (χ2v) is 3.36. The summed E-state index contributed by atoms with van der Waals surface area (Å²) < 4.78 is 10.3. The van der Waals surface area contributed by atoms with E-state index in [1.807, 2.05) is 0 Å². The highest BCUT2D eigenvalue weighted by Gasteiger charge is 2.45. The molecule has 0 unspecified atom stereocenters. The molecule has 2 nitrogen and oxygen atoms in total. The van der Waals surface area contributed by atoms with Crippen LogP contribution in [0.4, 0.5) is 0 Å². The molecule has 1 aliphatic rings. The first kappa shape index (κ1) is 5.96. The molecule has 1 N–H and O–H groups in total. The molecule has 0 bridgehead atoms. The molecule has 1 rings (SSSR count). The molecule has 1 fully saturated rings. The van der Waals surface area contributed by atoms with Gasteiger partial charge in [0.1, 0.15) is 0 Å². The van der Waals surface area contributed by atoms with Gasteiger partial charge in [-0.05, 0) is 11.2 Å². The summed E-state index contributed by atoms with van der Waals surface area (Å²) in [5.41, 5.74) is -1.04. The quantitative estimate of drug-likeness (QED) is 0.341. The lowest BCUT2D eigenvalue weighted by Gasteiger charge is -2.32. The summed E-state index contributed by atoms with van der Waals surface area (Å²) in [6, 6.07) is 0. The monoisotopic (exact) mass is 130 g/mol. The van der Waals surface area contributed by atoms with Gasteiger partial charge in [-0.25, -0.2) is 0 Å². The Bertz CT molecular complexity index is 132. The molecule has 44 valence electrons. The largest absolute Gasteiger partial charge is 0.616 e. The van der Waals surface area contributed by atoms with Gasteiger partial charge in [0.05, 0.1) is 0 Å². The third-order valence-corrected chi connectivity index (χ3v) is 2.67. The van der Waals surface area contributed by atoms with Gasteiger partial charge in [0.15, 0.2) is 11.5 Å². The van der Waals surface area contributed by atoms with Crippen molar-refractivity contribution in [3.63, 3.8) is 0 Å². The molecule has 0 aromatic rings. The fourth-order valence-electron chi connectivity index (χ4n) is 0.574. The van der Waals surface area contributed by atoms with Gasteiger partial charge in [0.25, 0.3) is 0 Å². The normalized spacial score (nSPS) is 44.9. The Kier molecular flexibility index (Phi) is 1.24. The highest BCUT2D eigenvalue weighted by Crippen LogP contribution is 2.21. The van der Waals surface area contributed by atoms with Crippen LogP contribution in [0.25, 0.3) is 0 Å². The molecule has 8 heavy (non-hydrogen) atoms. The summed E-state index contributed by atoms with van der Waals surface area (Å²) in [5.74, 6) is 2.68. The number of terminal acetylenes is 1. The number of rotatable bonds is 0. The predicted octanol–water partition coefficient (Wildman–Crippen LogP) is -0.887. The molecule has 0 atom stereocenters. The van der Waals surface area contributed by atoms with Crippen LogP contribution < -0.4 is 0 Å². The molecule has 1 aliphatic heterocycles. The first-order valence-corrected chi connectivity index (χ1v) is 3.70. The fraction of sp³-hybridized carbons (Fsp3) is 0.600. The van der Waals surface area contributed by atoms with Crippen molar-refractivity contribution in [2.75, 3.05) is 11.5 Å². The van der Waals surface area contributed by atoms with E-state index < -0.39 is 16.8 Å². The second-order valence-electron chi connectivity index (χ2n) is 1.90. The van der Waals surface area contributed by atoms with Crippen molar-refractivity contribution in [1.29, 1.82) is 0 Å². The molecule has 0 aromatic carbocycles. The zero-order valence-electron chi connectivity index (χ0n) is 4.26. The number of hydrogen-bond donors (Lipinski definition) is 1. The molecular formula is C5H6O2S. The van der Waals surface area contributed by atoms with E-state index >= 15 is 0 Å². The molecular weight excluding hydrogens is 124 g/mol. The Balaban J connectivity index is 2.44. The van der Waals surface area contributed by atoms with Crippen molar-refractivity contribution >= 4 is 11.2 Å². The van der Waals surface area contributed by atoms with Gasteiger partial charge in [0, 0.05) is 0 Å². The van der Waals surface area contributed by atoms with E-state index in [0.29, 0.717) is 0 Å². The van der Waals surface area contributed by atoms with Crippen LogP contribution in [0.3, 0.4) is 0 Å². The lowest BCUT2D eigenvalue weighted by molar-refractivity contribution is 0.133. The molecule has 1 heterocycles. The van der Waals surface area contributed by atoms with E-state index in [2.05, 4.69) is 5.92 Å². The zero-order chi connectivity index (χ0) is 6.20. The third-order valence-electron chi connectivity index (χ3n) is 1.07. The molecule has 0 radical (unpaired) electrons. The van der Waals surface area contributed by atoms with Gasteiger partial charge in [-0.15, -0.1) is 6.42 Å². The van der Waals surface area contributed by atoms with Gasteiger partial charge in [-0.3, -0.25) is 0 Å². The summed E-state index contributed by atoms with van der Waals surface area (Å²) in [4.78, 5) is 0. The Labute approximate surface area is 51.1 Å². The summed E-state index contributed by atoms with van der Waals surface area (Å²) in [6.45, 7) is 0. The van der Waals surface area contributed by atoms with Crippen molar-refractivity contribution in [2.45, 2.75) is 5.60 Å². The summed E-state index contributed by atoms with van der Waals surface area (Å²) in [7, 11) is 0. The standard InChI is InChI=1S/C5H6O2S/c1-2-5(6)3-8(7)4-5/h1,6H,3-4H2. The highest BCUT2D eigenvalue weighted by atomic mass is 32.2. The molecule has 1 saturated heterocycles. The average Bonchev–Trinajstić information content (AvgIpc) is 1.63. The fourth-order valence-corrected chi connectivity index (χ4v) is 1.72. The van der Waals surface area contributed by atoms with E-state index in [0.717, 1.165) is 0 Å². The number of hydrogen-bond acceptors (Lipinski definition) is 2. The Hall–Kier alpha value is -0.170. The zero-order valence-corrected chi connectivity index (χ0v) is 5.07. The average molecular weight is 130 g/mol. The van der Waals surface area contributed by atoms with Crippen LogP contribution >= 0.6 is 0 Å². The van der Waals surface area contributed by atoms with E-state index in [9.17, 15) is 4.55 Å². The van der Waals surface area contributed by atoms with Gasteiger partial charge in [-0.1, -0.05) is 5.92 Å². The molecule has 0 spiro atoms. The maximum Gasteiger partial charge on any atom is 0.214 e. The third kappa shape index (κ3) is 0.826. The minimum Gasteiger partial charge on any atom is -0.616 e. The van der Waals surface area contributed by atoms with Gasteiger partial charge >= 0.3 is 0 Å². The lowest BCUT2D eigenvalue weighted by Crippen LogP contribution is -2.53. The van der Waals surface area contributed by atoms with E-state index in [4.69, 9.17) is 11.5 Å². The topological polar surface area (TPSA) is 43.3 Å². The van der Waals surface area contributed by atoms with Gasteiger partial charge in [0.2, 0.25) is 5.60 Å². The summed E-state index contributed by atoms with van der Waals surface area (Å²) >= 11 is -0.854. The minimum atomic E-state index is -1.04. The lowest BCUT2D eigenvalue weighted by atomic mass is 10.1. The van der Waals surface area contributed by atoms with Crippen LogP contribution in [-0.4, -0.2) is 26.8 Å². The number of aliphatic hydroxyl groups is 1. The van der Waals surface area contributed by atoms with Crippen molar-refractivity contribution in [3.05, 3.63) is 0 Å². The van der Waals surface area contributed by atoms with Crippen LogP contribution in [0, 0.1) is 12.3 Å². The smallest absolute Gasteiger partial charge is 0.214 e. The predicted molar refractivity (Wildman–Crippen MR) is 31.7 cm³/mol. The Morgan fingerprint density at radius 3 is 2.38 bits per heavy atom. The Morgan fingerprint density at radius 1 is 1.75 bits per heavy atom. The van der Waals surface area contributed by atoms with Crippen molar-refractivity contribution in [1.82, 2.24) is 0 Å². The van der Waals surface area contributed by atoms with Gasteiger partial charge < -0.3 is 9.66 Å². The molecule has 0 aromatic heterocycles. The maximum absolute atomic E-state index is 10.3. The summed E-state index contributed by atoms with van der Waals surface area (Å²) in [6.07, 6.45) is 4.90. The van der Waals surface area contributed by atoms with Crippen molar-refractivity contribution < 1.29 is 9.66 Å². The first-order chi connectivity index (χ1) is 3.66. The van der Waals surface area contributed by atoms with Crippen LogP contribution in [0.5, 0.6) is 0 Å². The van der Waals surface area contributed by atoms with Crippen LogP contribution in [-0.2, 0) is 11.2 Å². The molecule has 0 aliphatic carbocycles. The molecule has 0 amide bonds. The summed E-state index contributed by atoms with van der Waals surface area (Å²) in [5, 5.41) is 8.96. The highest BCUT2D eigenvalue weighted by molar-refractivity contribution is 7.93. The van der Waals surface area contributed by atoms with Crippen molar-refractivity contribution in [2.24, 2.45) is 0 Å². The van der Waals surface area contributed by atoms with Crippen LogP contribution in [0.2, 0.25) is 0 Å². The Morgan fingerprint density at radius 2 is 2.25 bits per heavy atom.